The molecule has 2 aliphatic rings. The van der Waals surface area contributed by atoms with Gasteiger partial charge in [-0.05, 0) is 31.5 Å². The maximum Gasteiger partial charge on any atom is 0.327 e. The normalized spacial score (nSPS) is 23.7. The minimum Gasteiger partial charge on any atom is -0.480 e. The van der Waals surface area contributed by atoms with E-state index in [2.05, 4.69) is 15.6 Å². The summed E-state index contributed by atoms with van der Waals surface area (Å²) >= 11 is 1.32. The van der Waals surface area contributed by atoms with Gasteiger partial charge in [0.2, 0.25) is 17.7 Å². The van der Waals surface area contributed by atoms with Crippen molar-refractivity contribution < 1.29 is 28.7 Å². The second kappa shape index (κ2) is 9.45. The number of carboxylic acids is 1. The lowest BCUT2D eigenvalue weighted by Crippen LogP contribution is -2.71. The smallest absolute Gasteiger partial charge is 0.327 e. The molecule has 5 N–H and O–H groups in total. The van der Waals surface area contributed by atoms with Crippen LogP contribution in [0.25, 0.3) is 0 Å². The third-order valence-corrected chi connectivity index (χ3v) is 7.41. The first-order valence-corrected chi connectivity index (χ1v) is 11.7. The van der Waals surface area contributed by atoms with Gasteiger partial charge in [0.1, 0.15) is 30.0 Å². The Morgan fingerprint density at radius 2 is 1.94 bits per heavy atom. The molecule has 11 nitrogen and oxygen atoms in total. The van der Waals surface area contributed by atoms with Gasteiger partial charge in [-0.2, -0.15) is 0 Å². The molecular formula is C23H25N5O6S. The maximum atomic E-state index is 13.2. The number of rotatable bonds is 8. The topological polar surface area (TPSA) is 167 Å². The van der Waals surface area contributed by atoms with Crippen LogP contribution in [-0.4, -0.2) is 68.3 Å². The highest BCUT2D eigenvalue weighted by Gasteiger charge is 2.64. The Balaban J connectivity index is 1.47. The Morgan fingerprint density at radius 1 is 1.23 bits per heavy atom. The number of thioether (sulfide) groups is 1. The van der Waals surface area contributed by atoms with Crippen LogP contribution in [0, 0.1) is 0 Å². The molecule has 184 valence electrons. The molecule has 1 unspecified atom stereocenters. The lowest BCUT2D eigenvalue weighted by Gasteiger charge is -2.44. The van der Waals surface area contributed by atoms with E-state index in [4.69, 9.17) is 10.2 Å². The third-order valence-electron chi connectivity index (χ3n) is 5.84. The zero-order chi connectivity index (χ0) is 25.3. The van der Waals surface area contributed by atoms with Gasteiger partial charge in [0.15, 0.2) is 11.6 Å². The molecule has 2 fully saturated rings. The maximum absolute atomic E-state index is 13.2. The van der Waals surface area contributed by atoms with E-state index in [9.17, 15) is 24.3 Å². The fraction of sp³-hybridized carbons (Fsp3) is 0.348. The molecule has 1 aromatic heterocycles. The van der Waals surface area contributed by atoms with E-state index in [1.165, 1.54) is 22.9 Å². The summed E-state index contributed by atoms with van der Waals surface area (Å²) in [6, 6.07) is 8.82. The monoisotopic (exact) mass is 499 g/mol. The van der Waals surface area contributed by atoms with Crippen molar-refractivity contribution in [1.29, 1.82) is 0 Å². The molecule has 0 bridgehead atoms. The lowest BCUT2D eigenvalue weighted by atomic mass is 9.95. The fourth-order valence-electron chi connectivity index (χ4n) is 4.19. The van der Waals surface area contributed by atoms with Crippen LogP contribution in [0.1, 0.15) is 31.2 Å². The highest BCUT2D eigenvalue weighted by Crippen LogP contribution is 2.50. The van der Waals surface area contributed by atoms with E-state index in [1.54, 1.807) is 56.3 Å². The Bertz CT molecular complexity index is 1170. The number of β-lactam (4-membered cyclic amide) rings is 1. The minimum absolute atomic E-state index is 0.0416. The van der Waals surface area contributed by atoms with Gasteiger partial charge in [0.25, 0.3) is 0 Å². The molecular weight excluding hydrogens is 474 g/mol. The van der Waals surface area contributed by atoms with Gasteiger partial charge in [0, 0.05) is 4.75 Å². The number of nitrogens with zero attached hydrogens (tertiary/aromatic N) is 2. The average molecular weight is 500 g/mol. The number of hydrogen-bond donors (Lipinski definition) is 4. The number of carbonyl (C=O) groups excluding carboxylic acids is 3. The summed E-state index contributed by atoms with van der Waals surface area (Å²) in [6.07, 6.45) is 1.43. The van der Waals surface area contributed by atoms with Gasteiger partial charge in [-0.25, -0.2) is 4.79 Å². The van der Waals surface area contributed by atoms with Crippen LogP contribution < -0.4 is 16.4 Å². The Hall–Kier alpha value is -3.80. The summed E-state index contributed by atoms with van der Waals surface area (Å²) in [6.45, 7) is 3.16. The standard InChI is InChI=1S/C23H25N5O6S/c1-23(2)17(22(32)33)28-20(31)16(21(28)35-23)27-19(30)15(12-7-4-3-5-8-12)26-14(29)11-25-18(24)13-9-6-10-34-13/h3-10,15-17,21H,11H2,1-2H3,(H2,24,25)(H,26,29)(H,27,30)(H,32,33)/t15?,16-,17+,21-/m1/s1. The zero-order valence-corrected chi connectivity index (χ0v) is 19.8. The summed E-state index contributed by atoms with van der Waals surface area (Å²) in [5, 5.41) is 14.4. The number of carbonyl (C=O) groups is 4. The highest BCUT2D eigenvalue weighted by molar-refractivity contribution is 8.01. The first kappa shape index (κ1) is 24.3. The number of benzene rings is 1. The van der Waals surface area contributed by atoms with Crippen molar-refractivity contribution in [1.82, 2.24) is 15.5 Å². The molecule has 0 saturated carbocycles. The van der Waals surface area contributed by atoms with E-state index < -0.39 is 51.9 Å². The number of nitrogens with one attached hydrogen (secondary N) is 2. The van der Waals surface area contributed by atoms with Crippen molar-refractivity contribution >= 4 is 41.3 Å². The molecule has 12 heteroatoms. The lowest BCUT2D eigenvalue weighted by molar-refractivity contribution is -0.161. The molecule has 3 heterocycles. The van der Waals surface area contributed by atoms with Crippen molar-refractivity contribution in [2.24, 2.45) is 10.7 Å². The number of carboxylic acid groups (broad SMARTS) is 1. The molecule has 1 aromatic carbocycles. The van der Waals surface area contributed by atoms with Crippen LogP contribution in [0.15, 0.2) is 58.1 Å². The Morgan fingerprint density at radius 3 is 2.57 bits per heavy atom. The van der Waals surface area contributed by atoms with E-state index in [0.29, 0.717) is 11.3 Å². The average Bonchev–Trinajstić information content (AvgIpc) is 3.44. The molecule has 0 aliphatic carbocycles. The van der Waals surface area contributed by atoms with Crippen molar-refractivity contribution in [3.8, 4) is 0 Å². The SMILES string of the molecule is CC1(C)S[C@@H]2[C@H](NC(=O)C(NC(=O)CN=C(N)c3ccco3)c3ccccc3)C(=O)N2[C@H]1C(=O)O. The number of hydrogen-bond acceptors (Lipinski definition) is 7. The van der Waals surface area contributed by atoms with Crippen LogP contribution in [-0.2, 0) is 19.2 Å². The number of aliphatic imine (C=N–C) groups is 1. The molecule has 3 amide bonds. The van der Waals surface area contributed by atoms with Crippen molar-refractivity contribution in [3.63, 3.8) is 0 Å². The molecule has 0 spiro atoms. The molecule has 2 aromatic rings. The molecule has 4 atom stereocenters. The van der Waals surface area contributed by atoms with Crippen molar-refractivity contribution in [2.75, 3.05) is 6.54 Å². The number of nitrogens with two attached hydrogens (primary N) is 1. The van der Waals surface area contributed by atoms with Gasteiger partial charge in [0.05, 0.1) is 6.26 Å². The van der Waals surface area contributed by atoms with E-state index in [-0.39, 0.29) is 12.4 Å². The van der Waals surface area contributed by atoms with Gasteiger partial charge in [-0.15, -0.1) is 11.8 Å². The summed E-state index contributed by atoms with van der Waals surface area (Å²) in [4.78, 5) is 55.6. The predicted molar refractivity (Wildman–Crippen MR) is 127 cm³/mol. The van der Waals surface area contributed by atoms with Gasteiger partial charge >= 0.3 is 5.97 Å². The Labute approximate surface area is 205 Å². The van der Waals surface area contributed by atoms with Gasteiger partial charge < -0.3 is 30.8 Å². The van der Waals surface area contributed by atoms with Crippen molar-refractivity contribution in [3.05, 3.63) is 60.1 Å². The number of furan rings is 1. The number of amides is 3. The quantitative estimate of drug-likeness (QED) is 0.231. The molecule has 2 saturated heterocycles. The van der Waals surface area contributed by atoms with E-state index in [1.807, 2.05) is 0 Å². The largest absolute Gasteiger partial charge is 0.480 e. The summed E-state index contributed by atoms with van der Waals surface area (Å²) < 4.78 is 4.42. The summed E-state index contributed by atoms with van der Waals surface area (Å²) in [7, 11) is 0. The van der Waals surface area contributed by atoms with Crippen molar-refractivity contribution in [2.45, 2.75) is 42.1 Å². The van der Waals surface area contributed by atoms with Gasteiger partial charge in [-0.1, -0.05) is 30.3 Å². The van der Waals surface area contributed by atoms with Crippen LogP contribution in [0.5, 0.6) is 0 Å². The highest BCUT2D eigenvalue weighted by atomic mass is 32.2. The third kappa shape index (κ3) is 4.74. The summed E-state index contributed by atoms with van der Waals surface area (Å²) in [5.41, 5.74) is 6.32. The second-order valence-electron chi connectivity index (χ2n) is 8.67. The second-order valence-corrected chi connectivity index (χ2v) is 10.4. The number of fused-ring (bicyclic) bond motifs is 1. The summed E-state index contributed by atoms with van der Waals surface area (Å²) in [5.74, 6) is -2.36. The van der Waals surface area contributed by atoms with E-state index in [0.717, 1.165) is 0 Å². The Kier molecular flexibility index (Phi) is 6.57. The molecule has 4 rings (SSSR count). The first-order chi connectivity index (χ1) is 16.6. The molecule has 35 heavy (non-hydrogen) atoms. The van der Waals surface area contributed by atoms with Crippen LogP contribution >= 0.6 is 11.8 Å². The van der Waals surface area contributed by atoms with Crippen LogP contribution in [0.2, 0.25) is 0 Å². The fourth-order valence-corrected chi connectivity index (χ4v) is 5.82. The zero-order valence-electron chi connectivity index (χ0n) is 19.0. The minimum atomic E-state index is -1.10. The number of aliphatic carboxylic acids is 1. The molecule has 2 aliphatic heterocycles. The van der Waals surface area contributed by atoms with Crippen LogP contribution in [0.3, 0.4) is 0 Å². The molecule has 0 radical (unpaired) electrons. The van der Waals surface area contributed by atoms with Crippen LogP contribution in [0.4, 0.5) is 0 Å². The predicted octanol–water partition coefficient (Wildman–Crippen LogP) is 0.474. The van der Waals surface area contributed by atoms with E-state index >= 15 is 0 Å². The first-order valence-electron chi connectivity index (χ1n) is 10.8. The number of amidine groups is 1. The van der Waals surface area contributed by atoms with Gasteiger partial charge in [-0.3, -0.25) is 19.4 Å².